The average Bonchev–Trinajstić information content (AvgIpc) is 2.23. The highest BCUT2D eigenvalue weighted by molar-refractivity contribution is 5.85. The van der Waals surface area contributed by atoms with E-state index in [2.05, 4.69) is 24.5 Å². The predicted octanol–water partition coefficient (Wildman–Crippen LogP) is 2.05. The van der Waals surface area contributed by atoms with Crippen LogP contribution in [0.25, 0.3) is 0 Å². The second kappa shape index (κ2) is 10.00. The predicted molar refractivity (Wildman–Crippen MR) is 83.2 cm³/mol. The molecule has 0 rings (SSSR count). The molecule has 0 aromatic rings. The number of hydrogen-bond donors (Lipinski definition) is 3. The summed E-state index contributed by atoms with van der Waals surface area (Å²) in [5.74, 6) is -0.499. The van der Waals surface area contributed by atoms with E-state index >= 15 is 0 Å². The number of hydrogen-bond acceptors (Lipinski definition) is 3. The van der Waals surface area contributed by atoms with Crippen molar-refractivity contribution in [2.75, 3.05) is 13.1 Å². The molecular weight excluding hydrogens is 280 g/mol. The molecule has 0 unspecified atom stereocenters. The Bertz CT molecular complexity index is 307. The number of likely N-dealkylation sites (N-methyl/N-ethyl adjacent to an activating group) is 1. The first-order valence-corrected chi connectivity index (χ1v) is 6.94. The number of carbonyl (C=O) groups is 2. The van der Waals surface area contributed by atoms with E-state index in [1.165, 1.54) is 0 Å². The van der Waals surface area contributed by atoms with Crippen LogP contribution in [0.3, 0.4) is 0 Å². The first kappa shape index (κ1) is 21.5. The lowest BCUT2D eigenvalue weighted by atomic mass is 9.93. The standard InChI is InChI=1S/C14H28N2O3.ClH/c1-6-16-14(4,5)13(19)15-9-11(7-10(2)3)8-12(17)18;/h10-11,16H,6-9H2,1-5H3,(H,15,19)(H,17,18);1H/t11-;/m0./s1. The van der Waals surface area contributed by atoms with Crippen molar-refractivity contribution in [3.05, 3.63) is 0 Å². The Morgan fingerprint density at radius 2 is 1.80 bits per heavy atom. The van der Waals surface area contributed by atoms with Crippen molar-refractivity contribution in [2.24, 2.45) is 11.8 Å². The van der Waals surface area contributed by atoms with E-state index in [1.54, 1.807) is 0 Å². The number of carboxylic acids is 1. The molecule has 0 aliphatic carbocycles. The van der Waals surface area contributed by atoms with E-state index < -0.39 is 11.5 Å². The quantitative estimate of drug-likeness (QED) is 0.609. The van der Waals surface area contributed by atoms with Crippen LogP contribution in [-0.4, -0.2) is 35.6 Å². The number of halogens is 1. The van der Waals surface area contributed by atoms with Crippen LogP contribution < -0.4 is 10.6 Å². The van der Waals surface area contributed by atoms with Gasteiger partial charge in [-0.3, -0.25) is 9.59 Å². The van der Waals surface area contributed by atoms with Crippen molar-refractivity contribution in [2.45, 2.75) is 53.0 Å². The summed E-state index contributed by atoms with van der Waals surface area (Å²) in [5.41, 5.74) is -0.625. The maximum Gasteiger partial charge on any atom is 0.303 e. The van der Waals surface area contributed by atoms with Gasteiger partial charge >= 0.3 is 5.97 Å². The molecule has 0 aromatic carbocycles. The Labute approximate surface area is 128 Å². The molecule has 0 radical (unpaired) electrons. The molecule has 120 valence electrons. The summed E-state index contributed by atoms with van der Waals surface area (Å²) >= 11 is 0. The number of nitrogens with one attached hydrogen (secondary N) is 2. The number of carbonyl (C=O) groups excluding carboxylic acids is 1. The monoisotopic (exact) mass is 308 g/mol. The Balaban J connectivity index is 0. The maximum atomic E-state index is 12.0. The minimum atomic E-state index is -0.814. The topological polar surface area (TPSA) is 78.4 Å². The van der Waals surface area contributed by atoms with Crippen LogP contribution in [0.15, 0.2) is 0 Å². The first-order valence-electron chi connectivity index (χ1n) is 6.94. The third-order valence-corrected chi connectivity index (χ3v) is 3.01. The van der Waals surface area contributed by atoms with E-state index in [0.29, 0.717) is 19.0 Å². The van der Waals surface area contributed by atoms with Crippen molar-refractivity contribution in [3.8, 4) is 0 Å². The SMILES string of the molecule is CCNC(C)(C)C(=O)NC[C@H](CC(=O)O)CC(C)C.Cl. The first-order chi connectivity index (χ1) is 8.69. The van der Waals surface area contributed by atoms with E-state index in [1.807, 2.05) is 20.8 Å². The van der Waals surface area contributed by atoms with Crippen LogP contribution >= 0.6 is 12.4 Å². The van der Waals surface area contributed by atoms with Gasteiger partial charge in [-0.1, -0.05) is 20.8 Å². The smallest absolute Gasteiger partial charge is 0.303 e. The minimum absolute atomic E-state index is 0. The molecule has 3 N–H and O–H groups in total. The molecule has 20 heavy (non-hydrogen) atoms. The third-order valence-electron chi connectivity index (χ3n) is 3.01. The molecule has 0 fully saturated rings. The van der Waals surface area contributed by atoms with Gasteiger partial charge in [0.15, 0.2) is 0 Å². The average molecular weight is 309 g/mol. The van der Waals surface area contributed by atoms with E-state index in [0.717, 1.165) is 6.42 Å². The Morgan fingerprint density at radius 1 is 1.25 bits per heavy atom. The van der Waals surface area contributed by atoms with Gasteiger partial charge in [0, 0.05) is 13.0 Å². The molecule has 0 aromatic heterocycles. The second-order valence-corrected chi connectivity index (χ2v) is 5.96. The minimum Gasteiger partial charge on any atom is -0.481 e. The fourth-order valence-corrected chi connectivity index (χ4v) is 2.13. The zero-order chi connectivity index (χ0) is 15.1. The van der Waals surface area contributed by atoms with Crippen LogP contribution in [0.1, 0.15) is 47.5 Å². The van der Waals surface area contributed by atoms with E-state index in [-0.39, 0.29) is 30.7 Å². The van der Waals surface area contributed by atoms with Gasteiger partial charge in [0.25, 0.3) is 0 Å². The number of aliphatic carboxylic acids is 1. The third kappa shape index (κ3) is 9.15. The lowest BCUT2D eigenvalue weighted by Gasteiger charge is -2.26. The summed E-state index contributed by atoms with van der Waals surface area (Å²) in [6.45, 7) is 10.8. The van der Waals surface area contributed by atoms with Gasteiger partial charge in [-0.2, -0.15) is 0 Å². The van der Waals surface area contributed by atoms with Gasteiger partial charge in [-0.15, -0.1) is 12.4 Å². The molecule has 1 atom stereocenters. The lowest BCUT2D eigenvalue weighted by molar-refractivity contribution is -0.138. The maximum absolute atomic E-state index is 12.0. The largest absolute Gasteiger partial charge is 0.481 e. The van der Waals surface area contributed by atoms with E-state index in [4.69, 9.17) is 5.11 Å². The summed E-state index contributed by atoms with van der Waals surface area (Å²) in [5, 5.41) is 14.8. The highest BCUT2D eigenvalue weighted by Gasteiger charge is 2.26. The zero-order valence-electron chi connectivity index (χ0n) is 13.2. The summed E-state index contributed by atoms with van der Waals surface area (Å²) in [6.07, 6.45) is 0.897. The molecular formula is C14H29ClN2O3. The van der Waals surface area contributed by atoms with E-state index in [9.17, 15) is 9.59 Å². The molecule has 5 nitrogen and oxygen atoms in total. The normalized spacial score (nSPS) is 12.7. The molecule has 0 saturated heterocycles. The van der Waals surface area contributed by atoms with Crippen molar-refractivity contribution >= 4 is 24.3 Å². The van der Waals surface area contributed by atoms with Crippen molar-refractivity contribution in [1.29, 1.82) is 0 Å². The van der Waals surface area contributed by atoms with Crippen LogP contribution in [0, 0.1) is 11.8 Å². The van der Waals surface area contributed by atoms with Gasteiger partial charge in [0.05, 0.1) is 5.54 Å². The summed E-state index contributed by atoms with van der Waals surface area (Å²) < 4.78 is 0. The number of amides is 1. The Morgan fingerprint density at radius 3 is 2.20 bits per heavy atom. The fraction of sp³-hybridized carbons (Fsp3) is 0.857. The summed E-state index contributed by atoms with van der Waals surface area (Å²) in [4.78, 5) is 22.8. The molecule has 0 aliphatic rings. The van der Waals surface area contributed by atoms with Crippen molar-refractivity contribution in [1.82, 2.24) is 10.6 Å². The molecule has 0 heterocycles. The second-order valence-electron chi connectivity index (χ2n) is 5.96. The van der Waals surface area contributed by atoms with Crippen LogP contribution in [0.4, 0.5) is 0 Å². The van der Waals surface area contributed by atoms with Gasteiger partial charge in [0.1, 0.15) is 0 Å². The summed E-state index contributed by atoms with van der Waals surface area (Å²) in [6, 6.07) is 0. The van der Waals surface area contributed by atoms with Crippen LogP contribution in [-0.2, 0) is 9.59 Å². The molecule has 1 amide bonds. The molecule has 0 spiro atoms. The van der Waals surface area contributed by atoms with Gasteiger partial charge < -0.3 is 15.7 Å². The fourth-order valence-electron chi connectivity index (χ4n) is 2.13. The van der Waals surface area contributed by atoms with Gasteiger partial charge in [0.2, 0.25) is 5.91 Å². The molecule has 0 bridgehead atoms. The van der Waals surface area contributed by atoms with Crippen molar-refractivity contribution < 1.29 is 14.7 Å². The number of carboxylic acid groups (broad SMARTS) is 1. The summed E-state index contributed by atoms with van der Waals surface area (Å²) in [7, 11) is 0. The lowest BCUT2D eigenvalue weighted by Crippen LogP contribution is -2.53. The highest BCUT2D eigenvalue weighted by Crippen LogP contribution is 2.15. The van der Waals surface area contributed by atoms with Crippen LogP contribution in [0.2, 0.25) is 0 Å². The van der Waals surface area contributed by atoms with Crippen molar-refractivity contribution in [3.63, 3.8) is 0 Å². The Kier molecular flexibility index (Phi) is 10.7. The number of rotatable bonds is 9. The zero-order valence-corrected chi connectivity index (χ0v) is 14.0. The molecule has 0 aliphatic heterocycles. The Hall–Kier alpha value is -0.810. The van der Waals surface area contributed by atoms with Crippen LogP contribution in [0.5, 0.6) is 0 Å². The van der Waals surface area contributed by atoms with Gasteiger partial charge in [-0.25, -0.2) is 0 Å². The molecule has 0 saturated carbocycles. The molecule has 6 heteroatoms. The van der Waals surface area contributed by atoms with Gasteiger partial charge in [-0.05, 0) is 38.6 Å². The highest BCUT2D eigenvalue weighted by atomic mass is 35.5.